The largest absolute Gasteiger partial charge is 0.452 e. The maximum Gasteiger partial charge on any atom is 0.321 e. The summed E-state index contributed by atoms with van der Waals surface area (Å²) in [5, 5.41) is 2.69. The first-order valence-electron chi connectivity index (χ1n) is 8.41. The molecule has 0 aliphatic rings. The first kappa shape index (κ1) is 22.1. The van der Waals surface area contributed by atoms with Crippen molar-refractivity contribution in [1.82, 2.24) is 4.72 Å². The molecule has 150 valence electrons. The summed E-state index contributed by atoms with van der Waals surface area (Å²) in [6.45, 7) is 4.63. The maximum absolute atomic E-state index is 12.2. The Morgan fingerprint density at radius 2 is 1.86 bits per heavy atom. The number of rotatable bonds is 7. The summed E-state index contributed by atoms with van der Waals surface area (Å²) in [6, 6.07) is 11.6. The first-order chi connectivity index (χ1) is 13.1. The zero-order valence-corrected chi connectivity index (χ0v) is 18.1. The van der Waals surface area contributed by atoms with Gasteiger partial charge in [-0.3, -0.25) is 9.59 Å². The van der Waals surface area contributed by atoms with Crippen LogP contribution >= 0.6 is 15.9 Å². The predicted molar refractivity (Wildman–Crippen MR) is 109 cm³/mol. The average Bonchev–Trinajstić information content (AvgIpc) is 2.62. The Morgan fingerprint density at radius 3 is 2.50 bits per heavy atom. The van der Waals surface area contributed by atoms with Crippen LogP contribution in [-0.2, 0) is 24.3 Å². The van der Waals surface area contributed by atoms with E-state index in [0.717, 1.165) is 11.1 Å². The van der Waals surface area contributed by atoms with Crippen LogP contribution in [0.2, 0.25) is 0 Å². The normalized spacial score (nSPS) is 12.3. The number of anilines is 1. The molecule has 0 radical (unpaired) electrons. The van der Waals surface area contributed by atoms with Gasteiger partial charge in [0.25, 0.3) is 5.91 Å². The van der Waals surface area contributed by atoms with Gasteiger partial charge in [-0.2, -0.15) is 4.72 Å². The van der Waals surface area contributed by atoms with Crippen molar-refractivity contribution in [3.05, 3.63) is 58.1 Å². The zero-order valence-electron chi connectivity index (χ0n) is 15.7. The molecule has 0 aliphatic heterocycles. The maximum atomic E-state index is 12.2. The van der Waals surface area contributed by atoms with Gasteiger partial charge >= 0.3 is 5.97 Å². The number of aryl methyl sites for hydroxylation is 2. The number of halogens is 1. The lowest BCUT2D eigenvalue weighted by Crippen LogP contribution is -2.36. The predicted octanol–water partition coefficient (Wildman–Crippen LogP) is 2.91. The van der Waals surface area contributed by atoms with E-state index in [2.05, 4.69) is 26.0 Å². The number of esters is 1. The van der Waals surface area contributed by atoms with Crippen LogP contribution in [0.1, 0.15) is 18.1 Å². The van der Waals surface area contributed by atoms with Crippen LogP contribution in [0.4, 0.5) is 5.69 Å². The Bertz CT molecular complexity index is 992. The molecule has 1 atom stereocenters. The van der Waals surface area contributed by atoms with Gasteiger partial charge < -0.3 is 10.1 Å². The summed E-state index contributed by atoms with van der Waals surface area (Å²) < 4.78 is 32.2. The number of hydrogen-bond donors (Lipinski definition) is 2. The van der Waals surface area contributed by atoms with E-state index in [1.54, 1.807) is 18.2 Å². The van der Waals surface area contributed by atoms with E-state index >= 15 is 0 Å². The summed E-state index contributed by atoms with van der Waals surface area (Å²) in [4.78, 5) is 24.2. The van der Waals surface area contributed by atoms with Gasteiger partial charge in [0, 0.05) is 10.2 Å². The van der Waals surface area contributed by atoms with Gasteiger partial charge in [0.1, 0.15) is 6.54 Å². The van der Waals surface area contributed by atoms with E-state index in [1.165, 1.54) is 19.1 Å². The van der Waals surface area contributed by atoms with Crippen LogP contribution in [0.3, 0.4) is 0 Å². The molecule has 0 fully saturated rings. The SMILES string of the molecule is Cc1ccc(NC(=O)C(C)OC(=O)CNS(=O)(=O)c2cccc(Br)c2)c(C)c1. The van der Waals surface area contributed by atoms with Crippen LogP contribution in [0, 0.1) is 13.8 Å². The lowest BCUT2D eigenvalue weighted by Gasteiger charge is -2.15. The topological polar surface area (TPSA) is 102 Å². The average molecular weight is 469 g/mol. The van der Waals surface area contributed by atoms with Gasteiger partial charge in [-0.05, 0) is 50.6 Å². The molecule has 0 saturated carbocycles. The Balaban J connectivity index is 1.90. The number of carbonyl (C=O) groups excluding carboxylic acids is 2. The van der Waals surface area contributed by atoms with E-state index < -0.39 is 34.5 Å². The quantitative estimate of drug-likeness (QED) is 0.608. The van der Waals surface area contributed by atoms with Crippen molar-refractivity contribution in [2.75, 3.05) is 11.9 Å². The summed E-state index contributed by atoms with van der Waals surface area (Å²) >= 11 is 3.19. The fourth-order valence-corrected chi connectivity index (χ4v) is 3.92. The molecule has 0 saturated heterocycles. The number of hydrogen-bond acceptors (Lipinski definition) is 5. The van der Waals surface area contributed by atoms with Gasteiger partial charge in [-0.1, -0.05) is 39.7 Å². The molecular formula is C19H21BrN2O5S. The van der Waals surface area contributed by atoms with E-state index in [0.29, 0.717) is 10.2 Å². The summed E-state index contributed by atoms with van der Waals surface area (Å²) in [7, 11) is -3.87. The van der Waals surface area contributed by atoms with E-state index in [4.69, 9.17) is 4.74 Å². The Kier molecular flexibility index (Phi) is 7.34. The Labute approximate surface area is 172 Å². The third-order valence-corrected chi connectivity index (χ3v) is 5.72. The summed E-state index contributed by atoms with van der Waals surface area (Å²) in [5.41, 5.74) is 2.57. The first-order valence-corrected chi connectivity index (χ1v) is 10.7. The number of sulfonamides is 1. The number of benzene rings is 2. The van der Waals surface area contributed by atoms with Crippen molar-refractivity contribution in [3.8, 4) is 0 Å². The van der Waals surface area contributed by atoms with Crippen molar-refractivity contribution in [2.45, 2.75) is 31.8 Å². The van der Waals surface area contributed by atoms with Crippen molar-refractivity contribution >= 4 is 43.5 Å². The Hall–Kier alpha value is -2.23. The monoisotopic (exact) mass is 468 g/mol. The van der Waals surface area contributed by atoms with Crippen LogP contribution < -0.4 is 10.0 Å². The molecule has 1 unspecified atom stereocenters. The second-order valence-electron chi connectivity index (χ2n) is 6.22. The molecule has 0 spiro atoms. The van der Waals surface area contributed by atoms with Crippen molar-refractivity contribution in [3.63, 3.8) is 0 Å². The molecule has 7 nitrogen and oxygen atoms in total. The van der Waals surface area contributed by atoms with Crippen molar-refractivity contribution < 1.29 is 22.7 Å². The highest BCUT2D eigenvalue weighted by Gasteiger charge is 2.21. The number of carbonyl (C=O) groups is 2. The van der Waals surface area contributed by atoms with E-state index in [9.17, 15) is 18.0 Å². The lowest BCUT2D eigenvalue weighted by atomic mass is 10.1. The minimum Gasteiger partial charge on any atom is -0.452 e. The standard InChI is InChI=1S/C19H21BrN2O5S/c1-12-7-8-17(13(2)9-12)22-19(24)14(3)27-18(23)11-21-28(25,26)16-6-4-5-15(20)10-16/h4-10,14,21H,11H2,1-3H3,(H,22,24). The lowest BCUT2D eigenvalue weighted by molar-refractivity contribution is -0.151. The van der Waals surface area contributed by atoms with E-state index in [-0.39, 0.29) is 4.90 Å². The molecule has 0 heterocycles. The van der Waals surface area contributed by atoms with Gasteiger partial charge in [-0.25, -0.2) is 8.42 Å². The fourth-order valence-electron chi connectivity index (χ4n) is 2.35. The molecule has 2 aromatic carbocycles. The molecule has 2 N–H and O–H groups in total. The molecule has 0 aromatic heterocycles. The summed E-state index contributed by atoms with van der Waals surface area (Å²) in [6.07, 6.45) is -1.08. The smallest absolute Gasteiger partial charge is 0.321 e. The fraction of sp³-hybridized carbons (Fsp3) is 0.263. The number of amides is 1. The van der Waals surface area contributed by atoms with E-state index in [1.807, 2.05) is 26.0 Å². The minimum atomic E-state index is -3.87. The zero-order chi connectivity index (χ0) is 20.9. The van der Waals surface area contributed by atoms with Crippen LogP contribution in [0.25, 0.3) is 0 Å². The molecule has 9 heteroatoms. The molecule has 2 aromatic rings. The van der Waals surface area contributed by atoms with Gasteiger partial charge in [0.2, 0.25) is 10.0 Å². The molecule has 0 aliphatic carbocycles. The van der Waals surface area contributed by atoms with Crippen molar-refractivity contribution in [1.29, 1.82) is 0 Å². The molecule has 1 amide bonds. The number of nitrogens with one attached hydrogen (secondary N) is 2. The molecular weight excluding hydrogens is 448 g/mol. The second-order valence-corrected chi connectivity index (χ2v) is 8.90. The second kappa shape index (κ2) is 9.31. The highest BCUT2D eigenvalue weighted by atomic mass is 79.9. The van der Waals surface area contributed by atoms with Crippen LogP contribution in [-0.4, -0.2) is 32.9 Å². The van der Waals surface area contributed by atoms with Gasteiger partial charge in [-0.15, -0.1) is 0 Å². The Morgan fingerprint density at radius 1 is 1.14 bits per heavy atom. The molecule has 28 heavy (non-hydrogen) atoms. The van der Waals surface area contributed by atoms with Gasteiger partial charge in [0.05, 0.1) is 4.90 Å². The summed E-state index contributed by atoms with van der Waals surface area (Å²) in [5.74, 6) is -1.36. The third-order valence-electron chi connectivity index (χ3n) is 3.83. The minimum absolute atomic E-state index is 0.00955. The van der Waals surface area contributed by atoms with Gasteiger partial charge in [0.15, 0.2) is 6.10 Å². The number of ether oxygens (including phenoxy) is 1. The molecule has 2 rings (SSSR count). The molecule has 0 bridgehead atoms. The van der Waals surface area contributed by atoms with Crippen molar-refractivity contribution in [2.24, 2.45) is 0 Å². The third kappa shape index (κ3) is 6.15. The van der Waals surface area contributed by atoms with Crippen LogP contribution in [0.5, 0.6) is 0 Å². The van der Waals surface area contributed by atoms with Crippen LogP contribution in [0.15, 0.2) is 51.8 Å². The highest BCUT2D eigenvalue weighted by molar-refractivity contribution is 9.10. The highest BCUT2D eigenvalue weighted by Crippen LogP contribution is 2.17.